The van der Waals surface area contributed by atoms with Gasteiger partial charge in [-0.1, -0.05) is 66.2 Å². The summed E-state index contributed by atoms with van der Waals surface area (Å²) in [5.74, 6) is -0.128. The summed E-state index contributed by atoms with van der Waals surface area (Å²) >= 11 is 6.13. The average Bonchev–Trinajstić information content (AvgIpc) is 2.97. The summed E-state index contributed by atoms with van der Waals surface area (Å²) in [6, 6.07) is 29.8. The third-order valence-corrected chi connectivity index (χ3v) is 8.37. The van der Waals surface area contributed by atoms with Gasteiger partial charge in [-0.15, -0.1) is 0 Å². The lowest BCUT2D eigenvalue weighted by Gasteiger charge is -2.26. The van der Waals surface area contributed by atoms with Crippen LogP contribution in [-0.2, 0) is 32.5 Å². The lowest BCUT2D eigenvalue weighted by Crippen LogP contribution is -2.28. The minimum atomic E-state index is -3.76. The Labute approximate surface area is 245 Å². The van der Waals surface area contributed by atoms with E-state index in [-0.39, 0.29) is 23.0 Å². The van der Waals surface area contributed by atoms with Crippen LogP contribution in [0.5, 0.6) is 5.75 Å². The van der Waals surface area contributed by atoms with Gasteiger partial charge in [-0.2, -0.15) is 0 Å². The van der Waals surface area contributed by atoms with Gasteiger partial charge in [0.05, 0.1) is 22.5 Å². The van der Waals surface area contributed by atoms with Crippen LogP contribution in [0.1, 0.15) is 29.7 Å². The van der Waals surface area contributed by atoms with Crippen LogP contribution in [-0.4, -0.2) is 44.2 Å². The summed E-state index contributed by atoms with van der Waals surface area (Å²) in [7, 11) is -3.76. The summed E-state index contributed by atoms with van der Waals surface area (Å²) in [6.07, 6.45) is -0.749. The zero-order valence-electron chi connectivity index (χ0n) is 22.6. The molecule has 0 aliphatic carbocycles. The standard InChI is InChI=1S/C32H32ClNO6S/c1-2-39-32(36)23-40-28-13-17-30(18-14-28)41(37,38)29-15-11-25(12-16-29)21-34(20-24-7-4-3-5-8-24)22-31(35)26-9-6-10-27(33)19-26/h3-19,31,35H,2,20-23H2,1H3/t31-/m0/s1. The Bertz CT molecular complexity index is 1530. The summed E-state index contributed by atoms with van der Waals surface area (Å²) < 4.78 is 36.6. The fourth-order valence-corrected chi connectivity index (χ4v) is 5.78. The molecule has 41 heavy (non-hydrogen) atoms. The monoisotopic (exact) mass is 593 g/mol. The summed E-state index contributed by atoms with van der Waals surface area (Å²) in [5, 5.41) is 11.5. The van der Waals surface area contributed by atoms with E-state index in [9.17, 15) is 18.3 Å². The van der Waals surface area contributed by atoms with Crippen LogP contribution in [0.15, 0.2) is 113 Å². The molecule has 214 valence electrons. The molecule has 0 fully saturated rings. The van der Waals surface area contributed by atoms with Crippen LogP contribution in [0.3, 0.4) is 0 Å². The molecule has 0 radical (unpaired) electrons. The second-order valence-corrected chi connectivity index (χ2v) is 11.8. The fourth-order valence-electron chi connectivity index (χ4n) is 4.32. The molecule has 0 aliphatic heterocycles. The van der Waals surface area contributed by atoms with Gasteiger partial charge in [0.1, 0.15) is 5.75 Å². The van der Waals surface area contributed by atoms with E-state index in [0.717, 1.165) is 16.7 Å². The first-order valence-corrected chi connectivity index (χ1v) is 15.0. The first-order chi connectivity index (χ1) is 19.7. The number of hydrogen-bond donors (Lipinski definition) is 1. The number of carbonyl (C=O) groups is 1. The number of benzene rings is 4. The van der Waals surface area contributed by atoms with Crippen molar-refractivity contribution in [1.29, 1.82) is 0 Å². The van der Waals surface area contributed by atoms with E-state index in [4.69, 9.17) is 21.1 Å². The third-order valence-electron chi connectivity index (χ3n) is 6.35. The van der Waals surface area contributed by atoms with Crippen molar-refractivity contribution in [2.45, 2.75) is 35.9 Å². The maximum Gasteiger partial charge on any atom is 0.344 e. The van der Waals surface area contributed by atoms with Crippen molar-refractivity contribution in [3.05, 3.63) is 125 Å². The molecule has 1 N–H and O–H groups in total. The molecular formula is C32H32ClNO6S. The van der Waals surface area contributed by atoms with Crippen LogP contribution in [0.2, 0.25) is 5.02 Å². The molecule has 4 aromatic carbocycles. The number of halogens is 1. The van der Waals surface area contributed by atoms with E-state index in [1.54, 1.807) is 43.3 Å². The largest absolute Gasteiger partial charge is 0.482 e. The lowest BCUT2D eigenvalue weighted by molar-refractivity contribution is -0.145. The molecule has 0 heterocycles. The number of carbonyl (C=O) groups excluding carboxylic acids is 1. The molecule has 0 aliphatic rings. The van der Waals surface area contributed by atoms with Gasteiger partial charge in [-0.25, -0.2) is 13.2 Å². The summed E-state index contributed by atoms with van der Waals surface area (Å²) in [4.78, 5) is 13.9. The zero-order valence-corrected chi connectivity index (χ0v) is 24.2. The Hall–Kier alpha value is -3.69. The first kappa shape index (κ1) is 30.3. The highest BCUT2D eigenvalue weighted by atomic mass is 35.5. The highest BCUT2D eigenvalue weighted by Crippen LogP contribution is 2.25. The second-order valence-electron chi connectivity index (χ2n) is 9.44. The van der Waals surface area contributed by atoms with Crippen molar-refractivity contribution < 1.29 is 27.8 Å². The molecule has 0 saturated carbocycles. The van der Waals surface area contributed by atoms with Gasteiger partial charge in [0.15, 0.2) is 6.61 Å². The molecule has 0 aromatic heterocycles. The van der Waals surface area contributed by atoms with Crippen molar-refractivity contribution in [3.63, 3.8) is 0 Å². The van der Waals surface area contributed by atoms with Gasteiger partial charge in [-0.3, -0.25) is 4.90 Å². The number of rotatable bonds is 13. The SMILES string of the molecule is CCOC(=O)COc1ccc(S(=O)(=O)c2ccc(CN(Cc3ccccc3)C[C@H](O)c3cccc(Cl)c3)cc2)cc1. The van der Waals surface area contributed by atoms with Crippen molar-refractivity contribution in [2.75, 3.05) is 19.8 Å². The second kappa shape index (κ2) is 14.3. The van der Waals surface area contributed by atoms with Crippen LogP contribution >= 0.6 is 11.6 Å². The number of aliphatic hydroxyl groups is 1. The average molecular weight is 594 g/mol. The number of nitrogens with zero attached hydrogens (tertiary/aromatic N) is 1. The molecule has 4 rings (SSSR count). The zero-order chi connectivity index (χ0) is 29.2. The van der Waals surface area contributed by atoms with E-state index in [0.29, 0.717) is 30.4 Å². The van der Waals surface area contributed by atoms with Gasteiger partial charge in [0.2, 0.25) is 9.84 Å². The summed E-state index contributed by atoms with van der Waals surface area (Å²) in [6.45, 7) is 3.17. The highest BCUT2D eigenvalue weighted by molar-refractivity contribution is 7.91. The molecule has 0 unspecified atom stereocenters. The van der Waals surface area contributed by atoms with E-state index in [1.807, 2.05) is 42.5 Å². The van der Waals surface area contributed by atoms with Crippen molar-refractivity contribution in [1.82, 2.24) is 4.90 Å². The smallest absolute Gasteiger partial charge is 0.344 e. The number of sulfone groups is 1. The van der Waals surface area contributed by atoms with E-state index in [2.05, 4.69) is 4.90 Å². The molecule has 4 aromatic rings. The van der Waals surface area contributed by atoms with Crippen LogP contribution in [0.25, 0.3) is 0 Å². The van der Waals surface area contributed by atoms with Gasteiger partial charge in [0.25, 0.3) is 0 Å². The maximum absolute atomic E-state index is 13.2. The number of ether oxygens (including phenoxy) is 2. The quantitative estimate of drug-likeness (QED) is 0.194. The Balaban J connectivity index is 1.46. The first-order valence-electron chi connectivity index (χ1n) is 13.2. The molecule has 0 spiro atoms. The third kappa shape index (κ3) is 8.65. The topological polar surface area (TPSA) is 93.1 Å². The molecule has 7 nitrogen and oxygen atoms in total. The van der Waals surface area contributed by atoms with Crippen molar-refractivity contribution in [3.8, 4) is 5.75 Å². The Morgan fingerprint density at radius 1 is 0.854 bits per heavy atom. The number of hydrogen-bond acceptors (Lipinski definition) is 7. The van der Waals surface area contributed by atoms with Gasteiger partial charge < -0.3 is 14.6 Å². The molecule has 0 bridgehead atoms. The van der Waals surface area contributed by atoms with E-state index in [1.165, 1.54) is 24.3 Å². The molecular weight excluding hydrogens is 562 g/mol. The maximum atomic E-state index is 13.2. The van der Waals surface area contributed by atoms with Gasteiger partial charge in [0, 0.05) is 24.7 Å². The van der Waals surface area contributed by atoms with E-state index < -0.39 is 21.9 Å². The van der Waals surface area contributed by atoms with Crippen molar-refractivity contribution >= 4 is 27.4 Å². The highest BCUT2D eigenvalue weighted by Gasteiger charge is 2.19. The number of esters is 1. The van der Waals surface area contributed by atoms with Gasteiger partial charge >= 0.3 is 5.97 Å². The van der Waals surface area contributed by atoms with Crippen LogP contribution < -0.4 is 4.74 Å². The normalized spacial score (nSPS) is 12.2. The molecule has 0 saturated heterocycles. The van der Waals surface area contributed by atoms with E-state index >= 15 is 0 Å². The Morgan fingerprint density at radius 3 is 2.07 bits per heavy atom. The molecule has 0 amide bonds. The fraction of sp³-hybridized carbons (Fsp3) is 0.219. The van der Waals surface area contributed by atoms with Crippen LogP contribution in [0.4, 0.5) is 0 Å². The molecule has 9 heteroatoms. The summed E-state index contributed by atoms with van der Waals surface area (Å²) in [5.41, 5.74) is 2.73. The minimum Gasteiger partial charge on any atom is -0.482 e. The van der Waals surface area contributed by atoms with Crippen molar-refractivity contribution in [2.24, 2.45) is 0 Å². The number of aliphatic hydroxyl groups excluding tert-OH is 1. The predicted molar refractivity (Wildman–Crippen MR) is 157 cm³/mol. The predicted octanol–water partition coefficient (Wildman–Crippen LogP) is 5.85. The minimum absolute atomic E-state index is 0.115. The Kier molecular flexibility index (Phi) is 10.5. The van der Waals surface area contributed by atoms with Gasteiger partial charge in [-0.05, 0) is 72.1 Å². The lowest BCUT2D eigenvalue weighted by atomic mass is 10.1. The Morgan fingerprint density at radius 2 is 1.46 bits per heavy atom. The van der Waals surface area contributed by atoms with Crippen LogP contribution in [0, 0.1) is 0 Å². The molecule has 1 atom stereocenters.